The SMILES string of the molecule is COc1ccc(C(N)C2CCNCC2)cc1C. The minimum absolute atomic E-state index is 0.154. The Labute approximate surface area is 103 Å². The molecule has 94 valence electrons. The molecule has 1 aliphatic heterocycles. The average molecular weight is 234 g/mol. The summed E-state index contributed by atoms with van der Waals surface area (Å²) in [6.45, 7) is 4.25. The van der Waals surface area contributed by atoms with Crippen LogP contribution in [0.2, 0.25) is 0 Å². The predicted molar refractivity (Wildman–Crippen MR) is 70.3 cm³/mol. The van der Waals surface area contributed by atoms with Crippen molar-refractivity contribution in [3.8, 4) is 5.75 Å². The van der Waals surface area contributed by atoms with E-state index in [2.05, 4.69) is 24.4 Å². The Morgan fingerprint density at radius 3 is 2.65 bits per heavy atom. The molecule has 0 amide bonds. The molecule has 2 rings (SSSR count). The van der Waals surface area contributed by atoms with Crippen LogP contribution < -0.4 is 15.8 Å². The Kier molecular flexibility index (Phi) is 4.02. The van der Waals surface area contributed by atoms with E-state index in [0.29, 0.717) is 5.92 Å². The van der Waals surface area contributed by atoms with Gasteiger partial charge in [0.1, 0.15) is 5.75 Å². The first kappa shape index (κ1) is 12.4. The molecule has 3 N–H and O–H groups in total. The third-order valence-electron chi connectivity index (χ3n) is 3.70. The molecule has 0 saturated carbocycles. The van der Waals surface area contributed by atoms with E-state index in [0.717, 1.165) is 24.4 Å². The van der Waals surface area contributed by atoms with Crippen molar-refractivity contribution in [3.05, 3.63) is 29.3 Å². The number of methoxy groups -OCH3 is 1. The second-order valence-electron chi connectivity index (χ2n) is 4.84. The summed E-state index contributed by atoms with van der Waals surface area (Å²) in [6.07, 6.45) is 2.35. The minimum Gasteiger partial charge on any atom is -0.496 e. The van der Waals surface area contributed by atoms with Crippen LogP contribution in [0.3, 0.4) is 0 Å². The number of nitrogens with one attached hydrogen (secondary N) is 1. The van der Waals surface area contributed by atoms with Crippen LogP contribution in [0, 0.1) is 12.8 Å². The maximum atomic E-state index is 6.36. The number of aryl methyl sites for hydroxylation is 1. The van der Waals surface area contributed by atoms with Crippen molar-refractivity contribution in [1.82, 2.24) is 5.32 Å². The fraction of sp³-hybridized carbons (Fsp3) is 0.571. The highest BCUT2D eigenvalue weighted by molar-refractivity contribution is 5.37. The van der Waals surface area contributed by atoms with E-state index in [1.54, 1.807) is 7.11 Å². The molecular weight excluding hydrogens is 212 g/mol. The molecule has 1 saturated heterocycles. The first-order valence-corrected chi connectivity index (χ1v) is 6.33. The molecule has 0 aliphatic carbocycles. The summed E-state index contributed by atoms with van der Waals surface area (Å²) in [7, 11) is 1.70. The summed E-state index contributed by atoms with van der Waals surface area (Å²) in [5.74, 6) is 1.54. The Morgan fingerprint density at radius 2 is 2.06 bits per heavy atom. The van der Waals surface area contributed by atoms with Crippen LogP contribution in [0.1, 0.15) is 30.0 Å². The number of piperidine rings is 1. The smallest absolute Gasteiger partial charge is 0.121 e. The van der Waals surface area contributed by atoms with Crippen molar-refractivity contribution >= 4 is 0 Å². The summed E-state index contributed by atoms with van der Waals surface area (Å²) in [6, 6.07) is 6.43. The van der Waals surface area contributed by atoms with Gasteiger partial charge >= 0.3 is 0 Å². The van der Waals surface area contributed by atoms with Crippen molar-refractivity contribution in [1.29, 1.82) is 0 Å². The van der Waals surface area contributed by atoms with Crippen molar-refractivity contribution < 1.29 is 4.74 Å². The average Bonchev–Trinajstić information content (AvgIpc) is 2.39. The highest BCUT2D eigenvalue weighted by Crippen LogP contribution is 2.29. The fourth-order valence-corrected chi connectivity index (χ4v) is 2.58. The molecule has 3 nitrogen and oxygen atoms in total. The van der Waals surface area contributed by atoms with E-state index in [9.17, 15) is 0 Å². The van der Waals surface area contributed by atoms with Crippen molar-refractivity contribution in [2.24, 2.45) is 11.7 Å². The number of hydrogen-bond donors (Lipinski definition) is 2. The van der Waals surface area contributed by atoms with Crippen LogP contribution in [-0.2, 0) is 0 Å². The maximum Gasteiger partial charge on any atom is 0.121 e. The summed E-state index contributed by atoms with van der Waals surface area (Å²) in [4.78, 5) is 0. The third-order valence-corrected chi connectivity index (χ3v) is 3.70. The van der Waals surface area contributed by atoms with Crippen LogP contribution in [-0.4, -0.2) is 20.2 Å². The number of rotatable bonds is 3. The quantitative estimate of drug-likeness (QED) is 0.841. The minimum atomic E-state index is 0.154. The van der Waals surface area contributed by atoms with Gasteiger partial charge in [0.2, 0.25) is 0 Å². The molecule has 0 bridgehead atoms. The Balaban J connectivity index is 2.12. The Hall–Kier alpha value is -1.06. The first-order valence-electron chi connectivity index (χ1n) is 6.33. The van der Waals surface area contributed by atoms with Gasteiger partial charge in [-0.05, 0) is 56.0 Å². The number of benzene rings is 1. The molecule has 17 heavy (non-hydrogen) atoms. The van der Waals surface area contributed by atoms with Gasteiger partial charge in [0.05, 0.1) is 7.11 Å². The summed E-state index contributed by atoms with van der Waals surface area (Å²) in [5, 5.41) is 3.38. The molecule has 3 heteroatoms. The number of ether oxygens (including phenoxy) is 1. The zero-order valence-electron chi connectivity index (χ0n) is 10.7. The molecule has 1 aromatic rings. The lowest BCUT2D eigenvalue weighted by molar-refractivity contribution is 0.322. The predicted octanol–water partition coefficient (Wildman–Crippen LogP) is 2.00. The second-order valence-corrected chi connectivity index (χ2v) is 4.84. The van der Waals surface area contributed by atoms with E-state index < -0.39 is 0 Å². The molecule has 1 aromatic carbocycles. The Morgan fingerprint density at radius 1 is 1.35 bits per heavy atom. The monoisotopic (exact) mass is 234 g/mol. The van der Waals surface area contributed by atoms with E-state index >= 15 is 0 Å². The van der Waals surface area contributed by atoms with E-state index in [-0.39, 0.29) is 6.04 Å². The van der Waals surface area contributed by atoms with Gasteiger partial charge in [-0.2, -0.15) is 0 Å². The molecule has 0 aromatic heterocycles. The van der Waals surface area contributed by atoms with Gasteiger partial charge in [-0.25, -0.2) is 0 Å². The number of hydrogen-bond acceptors (Lipinski definition) is 3. The van der Waals surface area contributed by atoms with Crippen LogP contribution in [0.4, 0.5) is 0 Å². The third kappa shape index (κ3) is 2.79. The molecular formula is C14H22N2O. The van der Waals surface area contributed by atoms with E-state index in [4.69, 9.17) is 10.5 Å². The second kappa shape index (κ2) is 5.52. The van der Waals surface area contributed by atoms with Crippen molar-refractivity contribution in [2.75, 3.05) is 20.2 Å². The highest BCUT2D eigenvalue weighted by atomic mass is 16.5. The fourth-order valence-electron chi connectivity index (χ4n) is 2.58. The van der Waals surface area contributed by atoms with Gasteiger partial charge in [-0.1, -0.05) is 12.1 Å². The molecule has 1 atom stereocenters. The van der Waals surface area contributed by atoms with Crippen LogP contribution >= 0.6 is 0 Å². The normalized spacial score (nSPS) is 19.0. The van der Waals surface area contributed by atoms with Crippen LogP contribution in [0.25, 0.3) is 0 Å². The maximum absolute atomic E-state index is 6.36. The summed E-state index contributed by atoms with van der Waals surface area (Å²) >= 11 is 0. The Bertz CT molecular complexity index is 372. The van der Waals surface area contributed by atoms with Gasteiger partial charge in [-0.15, -0.1) is 0 Å². The molecule has 1 heterocycles. The summed E-state index contributed by atoms with van der Waals surface area (Å²) < 4.78 is 5.27. The topological polar surface area (TPSA) is 47.3 Å². The lowest BCUT2D eigenvalue weighted by Crippen LogP contribution is -2.33. The lowest BCUT2D eigenvalue weighted by atomic mass is 9.86. The van der Waals surface area contributed by atoms with E-state index in [1.165, 1.54) is 18.4 Å². The first-order chi connectivity index (χ1) is 8.22. The molecule has 0 spiro atoms. The van der Waals surface area contributed by atoms with Gasteiger partial charge < -0.3 is 15.8 Å². The van der Waals surface area contributed by atoms with Crippen LogP contribution in [0.15, 0.2) is 18.2 Å². The zero-order chi connectivity index (χ0) is 12.3. The number of nitrogens with two attached hydrogens (primary N) is 1. The molecule has 1 unspecified atom stereocenters. The van der Waals surface area contributed by atoms with Gasteiger partial charge in [-0.3, -0.25) is 0 Å². The largest absolute Gasteiger partial charge is 0.496 e. The lowest BCUT2D eigenvalue weighted by Gasteiger charge is -2.28. The van der Waals surface area contributed by atoms with Gasteiger partial charge in [0.15, 0.2) is 0 Å². The molecule has 1 aliphatic rings. The van der Waals surface area contributed by atoms with Gasteiger partial charge in [0, 0.05) is 6.04 Å². The molecule has 1 fully saturated rings. The van der Waals surface area contributed by atoms with Crippen molar-refractivity contribution in [2.45, 2.75) is 25.8 Å². The van der Waals surface area contributed by atoms with Crippen LogP contribution in [0.5, 0.6) is 5.75 Å². The van der Waals surface area contributed by atoms with E-state index in [1.807, 2.05) is 6.07 Å². The zero-order valence-corrected chi connectivity index (χ0v) is 10.7. The highest BCUT2D eigenvalue weighted by Gasteiger charge is 2.21. The van der Waals surface area contributed by atoms with Gasteiger partial charge in [0.25, 0.3) is 0 Å². The standard InChI is InChI=1S/C14H22N2O/c1-10-9-12(3-4-13(10)17-2)14(15)11-5-7-16-8-6-11/h3-4,9,11,14,16H,5-8,15H2,1-2H3. The summed E-state index contributed by atoms with van der Waals surface area (Å²) in [5.41, 5.74) is 8.75. The van der Waals surface area contributed by atoms with Crippen molar-refractivity contribution in [3.63, 3.8) is 0 Å². The molecule has 0 radical (unpaired) electrons.